The van der Waals surface area contributed by atoms with Crippen LogP contribution in [0.2, 0.25) is 0 Å². The molecule has 29 heavy (non-hydrogen) atoms. The molecule has 0 aliphatic carbocycles. The first-order valence-corrected chi connectivity index (χ1v) is 10.5. The fraction of sp³-hybridized carbons (Fsp3) is 0.522. The maximum atomic E-state index is 6.29. The van der Waals surface area contributed by atoms with Crippen molar-refractivity contribution in [3.05, 3.63) is 47.4 Å². The molecule has 2 aromatic heterocycles. The summed E-state index contributed by atoms with van der Waals surface area (Å²) in [5.41, 5.74) is 5.26. The molecule has 4 rings (SSSR count). The Hall–Kier alpha value is -2.31. The molecule has 0 amide bonds. The van der Waals surface area contributed by atoms with Gasteiger partial charge in [-0.1, -0.05) is 11.6 Å². The Bertz CT molecular complexity index is 908. The van der Waals surface area contributed by atoms with Crippen LogP contribution in [0.3, 0.4) is 0 Å². The average Bonchev–Trinajstić information content (AvgIpc) is 3.10. The second kappa shape index (κ2) is 8.20. The highest BCUT2D eigenvalue weighted by Crippen LogP contribution is 2.32. The molecule has 0 aromatic carbocycles. The van der Waals surface area contributed by atoms with E-state index in [9.17, 15) is 0 Å². The summed E-state index contributed by atoms with van der Waals surface area (Å²) in [5, 5.41) is 0. The number of morpholine rings is 1. The largest absolute Gasteiger partial charge is 0.370 e. The molecule has 6 nitrogen and oxygen atoms in total. The second-order valence-corrected chi connectivity index (χ2v) is 8.55. The summed E-state index contributed by atoms with van der Waals surface area (Å²) in [4.78, 5) is 18.8. The van der Waals surface area contributed by atoms with E-state index in [1.54, 1.807) is 0 Å². The van der Waals surface area contributed by atoms with Gasteiger partial charge in [-0.05, 0) is 52.3 Å². The van der Waals surface area contributed by atoms with E-state index in [-0.39, 0.29) is 5.60 Å². The van der Waals surface area contributed by atoms with Gasteiger partial charge in [0.15, 0.2) is 0 Å². The van der Waals surface area contributed by atoms with Crippen LogP contribution >= 0.6 is 0 Å². The van der Waals surface area contributed by atoms with Crippen molar-refractivity contribution >= 4 is 5.95 Å². The Morgan fingerprint density at radius 3 is 2.79 bits per heavy atom. The van der Waals surface area contributed by atoms with Crippen molar-refractivity contribution in [2.24, 2.45) is 0 Å². The van der Waals surface area contributed by atoms with Crippen LogP contribution in [-0.2, 0) is 4.74 Å². The number of pyridine rings is 1. The minimum absolute atomic E-state index is 0.117. The summed E-state index contributed by atoms with van der Waals surface area (Å²) in [7, 11) is 0. The van der Waals surface area contributed by atoms with Gasteiger partial charge in [0.25, 0.3) is 0 Å². The van der Waals surface area contributed by atoms with Crippen LogP contribution < -0.4 is 4.90 Å². The van der Waals surface area contributed by atoms with Crippen molar-refractivity contribution in [3.63, 3.8) is 0 Å². The van der Waals surface area contributed by atoms with Crippen molar-refractivity contribution in [2.75, 3.05) is 44.2 Å². The number of allylic oxidation sites excluding steroid dienone is 1. The zero-order chi connectivity index (χ0) is 20.4. The molecule has 2 aliphatic rings. The van der Waals surface area contributed by atoms with Gasteiger partial charge >= 0.3 is 0 Å². The molecule has 0 N–H and O–H groups in total. The van der Waals surface area contributed by atoms with Crippen LogP contribution in [-0.4, -0.2) is 64.8 Å². The first-order chi connectivity index (χ1) is 13.9. The third-order valence-electron chi connectivity index (χ3n) is 5.83. The van der Waals surface area contributed by atoms with Gasteiger partial charge in [0.05, 0.1) is 18.8 Å². The Balaban J connectivity index is 1.50. The summed E-state index contributed by atoms with van der Waals surface area (Å²) in [5.74, 6) is 0.782. The van der Waals surface area contributed by atoms with Gasteiger partial charge in [-0.2, -0.15) is 0 Å². The van der Waals surface area contributed by atoms with E-state index in [0.29, 0.717) is 0 Å². The van der Waals surface area contributed by atoms with E-state index in [0.717, 1.165) is 74.3 Å². The topological polar surface area (TPSA) is 54.4 Å². The fourth-order valence-corrected chi connectivity index (χ4v) is 4.26. The minimum atomic E-state index is -0.117. The third-order valence-corrected chi connectivity index (χ3v) is 5.83. The highest BCUT2D eigenvalue weighted by molar-refractivity contribution is 5.62. The molecule has 1 atom stereocenters. The van der Waals surface area contributed by atoms with Crippen LogP contribution in [0.5, 0.6) is 0 Å². The monoisotopic (exact) mass is 393 g/mol. The summed E-state index contributed by atoms with van der Waals surface area (Å²) >= 11 is 0. The number of nitrogens with zero attached hydrogens (tertiary/aromatic N) is 5. The molecule has 1 spiro atoms. The van der Waals surface area contributed by atoms with E-state index in [1.807, 2.05) is 32.2 Å². The number of rotatable bonds is 4. The summed E-state index contributed by atoms with van der Waals surface area (Å²) < 4.78 is 6.29. The predicted molar refractivity (Wildman–Crippen MR) is 116 cm³/mol. The minimum Gasteiger partial charge on any atom is -0.370 e. The second-order valence-electron chi connectivity index (χ2n) is 8.55. The standard InChI is InChI=1S/C23H31N5O/c1-17(2)8-11-27-13-14-29-23(15-27)9-12-28(16-23)22-24-10-7-21(26-22)20-6-5-18(3)25-19(20)4/h5-8,10H,9,11-16H2,1-4H3. The lowest BCUT2D eigenvalue weighted by atomic mass is 10.0. The quantitative estimate of drug-likeness (QED) is 0.742. The van der Waals surface area contributed by atoms with Gasteiger partial charge in [0.2, 0.25) is 5.95 Å². The maximum Gasteiger partial charge on any atom is 0.225 e. The molecule has 6 heteroatoms. The molecule has 4 heterocycles. The van der Waals surface area contributed by atoms with Crippen molar-refractivity contribution < 1.29 is 4.74 Å². The summed E-state index contributed by atoms with van der Waals surface area (Å²) in [6, 6.07) is 6.10. The first kappa shape index (κ1) is 20.0. The number of hydrogen-bond acceptors (Lipinski definition) is 6. The number of aromatic nitrogens is 3. The molecule has 2 fully saturated rings. The van der Waals surface area contributed by atoms with Crippen LogP contribution in [0.25, 0.3) is 11.3 Å². The van der Waals surface area contributed by atoms with E-state index < -0.39 is 0 Å². The van der Waals surface area contributed by atoms with Crippen LogP contribution in [0.1, 0.15) is 31.7 Å². The average molecular weight is 394 g/mol. The Morgan fingerprint density at radius 1 is 1.14 bits per heavy atom. The maximum absolute atomic E-state index is 6.29. The zero-order valence-corrected chi connectivity index (χ0v) is 18.0. The highest BCUT2D eigenvalue weighted by Gasteiger charge is 2.43. The SMILES string of the molecule is CC(C)=CCN1CCOC2(CCN(c3nccc(-c4ccc(C)nc4C)n3)C2)C1. The molecule has 2 saturated heterocycles. The lowest BCUT2D eigenvalue weighted by Crippen LogP contribution is -2.53. The molecule has 0 bridgehead atoms. The van der Waals surface area contributed by atoms with Crippen molar-refractivity contribution in [1.82, 2.24) is 19.9 Å². The smallest absolute Gasteiger partial charge is 0.225 e. The Kier molecular flexibility index (Phi) is 5.65. The van der Waals surface area contributed by atoms with Gasteiger partial charge in [-0.3, -0.25) is 9.88 Å². The van der Waals surface area contributed by atoms with Gasteiger partial charge in [-0.15, -0.1) is 0 Å². The lowest BCUT2D eigenvalue weighted by molar-refractivity contribution is -0.0924. The van der Waals surface area contributed by atoms with E-state index in [1.165, 1.54) is 5.57 Å². The van der Waals surface area contributed by atoms with Gasteiger partial charge < -0.3 is 9.64 Å². The van der Waals surface area contributed by atoms with Gasteiger partial charge in [0.1, 0.15) is 5.60 Å². The van der Waals surface area contributed by atoms with Crippen LogP contribution in [0, 0.1) is 13.8 Å². The molecule has 0 radical (unpaired) electrons. The van der Waals surface area contributed by atoms with E-state index in [4.69, 9.17) is 9.72 Å². The number of ether oxygens (including phenoxy) is 1. The Morgan fingerprint density at radius 2 is 2.00 bits per heavy atom. The van der Waals surface area contributed by atoms with Gasteiger partial charge in [0, 0.05) is 49.3 Å². The Labute approximate surface area is 173 Å². The molecule has 2 aromatic rings. The van der Waals surface area contributed by atoms with Crippen molar-refractivity contribution in [3.8, 4) is 11.3 Å². The summed E-state index contributed by atoms with van der Waals surface area (Å²) in [6.45, 7) is 13.9. The third kappa shape index (κ3) is 4.49. The van der Waals surface area contributed by atoms with Crippen molar-refractivity contribution in [2.45, 2.75) is 39.7 Å². The normalized spacial score (nSPS) is 22.3. The van der Waals surface area contributed by atoms with Crippen LogP contribution in [0.4, 0.5) is 5.95 Å². The predicted octanol–water partition coefficient (Wildman–Crippen LogP) is 3.40. The zero-order valence-electron chi connectivity index (χ0n) is 18.0. The molecule has 2 aliphatic heterocycles. The van der Waals surface area contributed by atoms with E-state index in [2.05, 4.69) is 45.8 Å². The number of hydrogen-bond donors (Lipinski definition) is 0. The number of aryl methyl sites for hydroxylation is 2. The molecule has 154 valence electrons. The van der Waals surface area contributed by atoms with Crippen molar-refractivity contribution in [1.29, 1.82) is 0 Å². The van der Waals surface area contributed by atoms with E-state index >= 15 is 0 Å². The van der Waals surface area contributed by atoms with Gasteiger partial charge in [-0.25, -0.2) is 9.97 Å². The fourth-order valence-electron chi connectivity index (χ4n) is 4.26. The molecule has 0 saturated carbocycles. The highest BCUT2D eigenvalue weighted by atomic mass is 16.5. The molecular weight excluding hydrogens is 362 g/mol. The first-order valence-electron chi connectivity index (χ1n) is 10.5. The molecular formula is C23H31N5O. The number of anilines is 1. The van der Waals surface area contributed by atoms with Crippen LogP contribution in [0.15, 0.2) is 36.0 Å². The lowest BCUT2D eigenvalue weighted by Gasteiger charge is -2.40. The summed E-state index contributed by atoms with van der Waals surface area (Å²) in [6.07, 6.45) is 5.16. The molecule has 1 unspecified atom stereocenters.